The van der Waals surface area contributed by atoms with E-state index in [2.05, 4.69) is 25.6 Å². The summed E-state index contributed by atoms with van der Waals surface area (Å²) >= 11 is 6.45. The van der Waals surface area contributed by atoms with E-state index in [1.165, 1.54) is 6.92 Å². The fourth-order valence-electron chi connectivity index (χ4n) is 3.83. The number of fused-ring (bicyclic) bond motifs is 1. The Labute approximate surface area is 214 Å². The van der Waals surface area contributed by atoms with Crippen LogP contribution in [-0.2, 0) is 9.59 Å². The van der Waals surface area contributed by atoms with Crippen molar-refractivity contribution >= 4 is 57.3 Å². The van der Waals surface area contributed by atoms with E-state index in [1.54, 1.807) is 36.3 Å². The number of anilines is 4. The van der Waals surface area contributed by atoms with Crippen molar-refractivity contribution in [1.29, 1.82) is 0 Å². The average Bonchev–Trinajstić information content (AvgIpc) is 3.27. The van der Waals surface area contributed by atoms with Crippen LogP contribution in [0.15, 0.2) is 54.9 Å². The molecule has 2 aromatic heterocycles. The molecule has 36 heavy (non-hydrogen) atoms. The van der Waals surface area contributed by atoms with Crippen molar-refractivity contribution < 1.29 is 9.59 Å². The molecular formula is C26H28ClN7O2. The van der Waals surface area contributed by atoms with Gasteiger partial charge in [-0.1, -0.05) is 29.8 Å². The van der Waals surface area contributed by atoms with Gasteiger partial charge in [0, 0.05) is 55.3 Å². The molecule has 0 radical (unpaired) electrons. The van der Waals surface area contributed by atoms with Gasteiger partial charge < -0.3 is 25.4 Å². The summed E-state index contributed by atoms with van der Waals surface area (Å²) in [7, 11) is 5.53. The SMILES string of the molecule is CC(=O)Nc1cc(Nc2ncc(Cl)c(-c3c[nH]c4ccccc34)n2)ccc1N(C)C(=O)CCN(C)C. The number of aromatic nitrogens is 3. The minimum atomic E-state index is -0.244. The minimum absolute atomic E-state index is 0.0552. The van der Waals surface area contributed by atoms with E-state index in [9.17, 15) is 9.59 Å². The standard InChI is InChI=1S/C26H28ClN7O2/c1-16(35)30-22-13-17(9-10-23(22)34(4)24(36)11-12-33(2)3)31-26-29-15-20(27)25(32-26)19-14-28-21-8-6-5-7-18(19)21/h5-10,13-15,28H,11-12H2,1-4H3,(H,30,35)(H,29,31,32). The van der Waals surface area contributed by atoms with Crippen LogP contribution < -0.4 is 15.5 Å². The van der Waals surface area contributed by atoms with Gasteiger partial charge in [0.25, 0.3) is 0 Å². The number of aromatic amines is 1. The zero-order valence-electron chi connectivity index (χ0n) is 20.6. The minimum Gasteiger partial charge on any atom is -0.360 e. The molecule has 3 N–H and O–H groups in total. The summed E-state index contributed by atoms with van der Waals surface area (Å²) in [6.45, 7) is 2.05. The highest BCUT2D eigenvalue weighted by Gasteiger charge is 2.17. The second-order valence-electron chi connectivity index (χ2n) is 8.68. The third kappa shape index (κ3) is 5.64. The van der Waals surface area contributed by atoms with E-state index in [1.807, 2.05) is 49.5 Å². The Hall–Kier alpha value is -3.95. The van der Waals surface area contributed by atoms with Crippen LogP contribution in [0.3, 0.4) is 0 Å². The summed E-state index contributed by atoms with van der Waals surface area (Å²) < 4.78 is 0. The van der Waals surface area contributed by atoms with Crippen molar-refractivity contribution in [3.8, 4) is 11.3 Å². The van der Waals surface area contributed by atoms with Gasteiger partial charge in [0.15, 0.2) is 0 Å². The maximum Gasteiger partial charge on any atom is 0.228 e. The van der Waals surface area contributed by atoms with Crippen LogP contribution in [0.2, 0.25) is 5.02 Å². The highest BCUT2D eigenvalue weighted by Crippen LogP contribution is 2.34. The lowest BCUT2D eigenvalue weighted by atomic mass is 10.1. The second kappa shape index (κ2) is 10.8. The van der Waals surface area contributed by atoms with E-state index < -0.39 is 0 Å². The summed E-state index contributed by atoms with van der Waals surface area (Å²) in [5, 5.41) is 7.42. The van der Waals surface area contributed by atoms with Gasteiger partial charge in [0.1, 0.15) is 0 Å². The van der Waals surface area contributed by atoms with Gasteiger partial charge in [0.2, 0.25) is 17.8 Å². The van der Waals surface area contributed by atoms with E-state index in [0.29, 0.717) is 46.7 Å². The number of H-pyrrole nitrogens is 1. The Kier molecular flexibility index (Phi) is 7.52. The first-order valence-electron chi connectivity index (χ1n) is 11.4. The summed E-state index contributed by atoms with van der Waals surface area (Å²) in [4.78, 5) is 40.3. The topological polar surface area (TPSA) is 106 Å². The molecule has 186 valence electrons. The number of rotatable bonds is 8. The first kappa shape index (κ1) is 25.2. The zero-order valence-corrected chi connectivity index (χ0v) is 21.3. The molecule has 2 amide bonds. The number of nitrogens with one attached hydrogen (secondary N) is 3. The van der Waals surface area contributed by atoms with E-state index >= 15 is 0 Å². The summed E-state index contributed by atoms with van der Waals surface area (Å²) in [5.74, 6) is 0.0453. The summed E-state index contributed by atoms with van der Waals surface area (Å²) in [6, 6.07) is 13.2. The molecule has 4 rings (SSSR count). The molecule has 10 heteroatoms. The number of halogens is 1. The Balaban J connectivity index is 1.63. The Morgan fingerprint density at radius 1 is 1.11 bits per heavy atom. The van der Waals surface area contributed by atoms with Crippen molar-refractivity contribution in [1.82, 2.24) is 19.9 Å². The summed E-state index contributed by atoms with van der Waals surface area (Å²) in [5.41, 5.74) is 4.18. The van der Waals surface area contributed by atoms with Gasteiger partial charge in [0.05, 0.1) is 28.3 Å². The molecule has 0 spiro atoms. The van der Waals surface area contributed by atoms with Crippen molar-refractivity contribution in [2.75, 3.05) is 43.2 Å². The van der Waals surface area contributed by atoms with E-state index in [4.69, 9.17) is 11.6 Å². The quantitative estimate of drug-likeness (QED) is 0.314. The van der Waals surface area contributed by atoms with E-state index in [0.717, 1.165) is 16.5 Å². The highest BCUT2D eigenvalue weighted by molar-refractivity contribution is 6.33. The van der Waals surface area contributed by atoms with Crippen LogP contribution in [0, 0.1) is 0 Å². The second-order valence-corrected chi connectivity index (χ2v) is 9.09. The average molecular weight is 506 g/mol. The first-order chi connectivity index (χ1) is 17.2. The largest absolute Gasteiger partial charge is 0.360 e. The number of para-hydroxylation sites is 1. The zero-order chi connectivity index (χ0) is 25.8. The van der Waals surface area contributed by atoms with Crippen LogP contribution in [0.25, 0.3) is 22.2 Å². The molecule has 0 atom stereocenters. The third-order valence-electron chi connectivity index (χ3n) is 5.66. The lowest BCUT2D eigenvalue weighted by molar-refractivity contribution is -0.118. The number of amides is 2. The fourth-order valence-corrected chi connectivity index (χ4v) is 4.02. The molecular weight excluding hydrogens is 478 g/mol. The van der Waals surface area contributed by atoms with Crippen molar-refractivity contribution in [3.05, 3.63) is 59.9 Å². The van der Waals surface area contributed by atoms with Crippen LogP contribution >= 0.6 is 11.6 Å². The Bertz CT molecular complexity index is 1420. The Morgan fingerprint density at radius 2 is 1.89 bits per heavy atom. The maximum absolute atomic E-state index is 12.7. The molecule has 0 saturated carbocycles. The molecule has 2 aromatic carbocycles. The predicted molar refractivity (Wildman–Crippen MR) is 145 cm³/mol. The van der Waals surface area contributed by atoms with Gasteiger partial charge in [-0.2, -0.15) is 0 Å². The molecule has 0 unspecified atom stereocenters. The lowest BCUT2D eigenvalue weighted by Gasteiger charge is -2.22. The molecule has 9 nitrogen and oxygen atoms in total. The van der Waals surface area contributed by atoms with Crippen molar-refractivity contribution in [3.63, 3.8) is 0 Å². The lowest BCUT2D eigenvalue weighted by Crippen LogP contribution is -2.30. The number of carbonyl (C=O) groups excluding carboxylic acids is 2. The van der Waals surface area contributed by atoms with Gasteiger partial charge in [-0.3, -0.25) is 9.59 Å². The Morgan fingerprint density at radius 3 is 2.64 bits per heavy atom. The monoisotopic (exact) mass is 505 g/mol. The van der Waals surface area contributed by atoms with Crippen LogP contribution in [0.1, 0.15) is 13.3 Å². The van der Waals surface area contributed by atoms with Gasteiger partial charge in [-0.05, 0) is 38.4 Å². The normalized spacial score (nSPS) is 11.1. The predicted octanol–water partition coefficient (Wildman–Crippen LogP) is 4.89. The molecule has 0 fully saturated rings. The first-order valence-corrected chi connectivity index (χ1v) is 11.8. The van der Waals surface area contributed by atoms with Crippen molar-refractivity contribution in [2.24, 2.45) is 0 Å². The number of carbonyl (C=O) groups is 2. The molecule has 0 aliphatic heterocycles. The summed E-state index contributed by atoms with van der Waals surface area (Å²) in [6.07, 6.45) is 3.78. The molecule has 0 aliphatic rings. The van der Waals surface area contributed by atoms with Gasteiger partial charge in [-0.25, -0.2) is 9.97 Å². The molecule has 0 bridgehead atoms. The smallest absolute Gasteiger partial charge is 0.228 e. The van der Waals surface area contributed by atoms with Crippen LogP contribution in [-0.4, -0.2) is 59.4 Å². The van der Waals surface area contributed by atoms with E-state index in [-0.39, 0.29) is 11.8 Å². The molecule has 4 aromatic rings. The highest BCUT2D eigenvalue weighted by atomic mass is 35.5. The molecule has 2 heterocycles. The number of hydrogen-bond donors (Lipinski definition) is 3. The maximum atomic E-state index is 12.7. The number of nitrogens with zero attached hydrogens (tertiary/aromatic N) is 4. The number of hydrogen-bond acceptors (Lipinski definition) is 6. The third-order valence-corrected chi connectivity index (χ3v) is 5.94. The van der Waals surface area contributed by atoms with Crippen LogP contribution in [0.4, 0.5) is 23.0 Å². The van der Waals surface area contributed by atoms with Crippen molar-refractivity contribution in [2.45, 2.75) is 13.3 Å². The van der Waals surface area contributed by atoms with Gasteiger partial charge >= 0.3 is 0 Å². The van der Waals surface area contributed by atoms with Crippen LogP contribution in [0.5, 0.6) is 0 Å². The number of benzene rings is 2. The van der Waals surface area contributed by atoms with Gasteiger partial charge in [-0.15, -0.1) is 0 Å². The molecule has 0 saturated heterocycles. The molecule has 0 aliphatic carbocycles. The fraction of sp³-hybridized carbons (Fsp3) is 0.231.